The van der Waals surface area contributed by atoms with E-state index in [0.717, 1.165) is 39.1 Å². The van der Waals surface area contributed by atoms with E-state index in [4.69, 9.17) is 11.6 Å². The predicted octanol–water partition coefficient (Wildman–Crippen LogP) is 6.13. The molecule has 2 atom stereocenters. The van der Waals surface area contributed by atoms with Crippen molar-refractivity contribution in [1.29, 1.82) is 0 Å². The quantitative estimate of drug-likeness (QED) is 0.177. The van der Waals surface area contributed by atoms with Crippen LogP contribution in [0.5, 0.6) is 0 Å². The molecule has 1 aromatic heterocycles. The van der Waals surface area contributed by atoms with Crippen molar-refractivity contribution in [3.05, 3.63) is 76.4 Å². The Balaban J connectivity index is 1.67. The third-order valence-corrected chi connectivity index (χ3v) is 8.25. The summed E-state index contributed by atoms with van der Waals surface area (Å²) in [4.78, 5) is 29.4. The molecule has 0 aliphatic heterocycles. The second-order valence-electron chi connectivity index (χ2n) is 7.94. The number of aldehydes is 1. The highest BCUT2D eigenvalue weighted by atomic mass is 35.5. The van der Waals surface area contributed by atoms with E-state index < -0.39 is 11.9 Å². The highest BCUT2D eigenvalue weighted by Crippen LogP contribution is 2.27. The summed E-state index contributed by atoms with van der Waals surface area (Å²) in [5.74, 6) is -0.989. The number of hydrogen-bond acceptors (Lipinski definition) is 6. The maximum absolute atomic E-state index is 12.0. The van der Waals surface area contributed by atoms with Crippen molar-refractivity contribution >= 4 is 70.4 Å². The van der Waals surface area contributed by atoms with E-state index in [-0.39, 0.29) is 5.37 Å². The van der Waals surface area contributed by atoms with Gasteiger partial charge >= 0.3 is 5.97 Å². The van der Waals surface area contributed by atoms with Gasteiger partial charge in [-0.25, -0.2) is 4.98 Å². The van der Waals surface area contributed by atoms with Crippen molar-refractivity contribution in [2.45, 2.75) is 17.7 Å². The zero-order valence-corrected chi connectivity index (χ0v) is 21.4. The van der Waals surface area contributed by atoms with E-state index >= 15 is 0 Å². The highest BCUT2D eigenvalue weighted by molar-refractivity contribution is 8.16. The molecule has 2 unspecified atom stereocenters. The molecule has 8 heteroatoms. The maximum atomic E-state index is 12.0. The number of aromatic nitrogens is 1. The summed E-state index contributed by atoms with van der Waals surface area (Å²) in [6.45, 7) is 0. The summed E-state index contributed by atoms with van der Waals surface area (Å²) in [6, 6.07) is 17.1. The van der Waals surface area contributed by atoms with E-state index in [2.05, 4.69) is 4.98 Å². The molecule has 3 aromatic rings. The number of nitrogens with zero attached hydrogens (tertiary/aromatic N) is 2. The molecule has 2 aromatic carbocycles. The molecular weight excluding hydrogens is 488 g/mol. The number of fused-ring (bicyclic) bond motifs is 1. The van der Waals surface area contributed by atoms with E-state index in [1.54, 1.807) is 23.5 Å². The third kappa shape index (κ3) is 7.60. The largest absolute Gasteiger partial charge is 0.481 e. The lowest BCUT2D eigenvalue weighted by atomic mass is 9.99. The van der Waals surface area contributed by atoms with Crippen molar-refractivity contribution < 1.29 is 14.7 Å². The Morgan fingerprint density at radius 3 is 2.68 bits per heavy atom. The normalized spacial score (nSPS) is 13.4. The number of carboxylic acid groups (broad SMARTS) is 1. The van der Waals surface area contributed by atoms with Crippen LogP contribution in [0.1, 0.15) is 29.2 Å². The van der Waals surface area contributed by atoms with Gasteiger partial charge in [-0.05, 0) is 49.5 Å². The standard InChI is InChI=1S/C26H27ClN2O3S2/c1-29(2)25(12-13-30)34-17-33-16-23(26(31)32)20-5-3-4-18(14-20)6-10-22-11-8-19-7-9-21(27)15-24(19)28-22/h3-11,13-15,23,25H,12,16-17H2,1-2H3,(H,31,32). The van der Waals surface area contributed by atoms with Gasteiger partial charge in [-0.15, -0.1) is 23.5 Å². The van der Waals surface area contributed by atoms with Gasteiger partial charge in [0.15, 0.2) is 0 Å². The summed E-state index contributed by atoms with van der Waals surface area (Å²) < 4.78 is 0. The number of aliphatic carboxylic acids is 1. The van der Waals surface area contributed by atoms with Gasteiger partial charge in [0.1, 0.15) is 6.29 Å². The van der Waals surface area contributed by atoms with Gasteiger partial charge in [-0.3, -0.25) is 9.69 Å². The molecular formula is C26H27ClN2O3S2. The fourth-order valence-electron chi connectivity index (χ4n) is 3.37. The van der Waals surface area contributed by atoms with Crippen molar-refractivity contribution in [2.75, 3.05) is 24.9 Å². The second kappa shape index (κ2) is 13.0. The Kier molecular flexibility index (Phi) is 10.0. The van der Waals surface area contributed by atoms with Crippen molar-refractivity contribution in [3.63, 3.8) is 0 Å². The summed E-state index contributed by atoms with van der Waals surface area (Å²) in [7, 11) is 3.88. The SMILES string of the molecule is CN(C)C(CC=O)SCSCC(C(=O)O)c1cccc(C=Cc2ccc3ccc(Cl)cc3n2)c1. The van der Waals surface area contributed by atoms with Crippen LogP contribution in [0.4, 0.5) is 0 Å². The van der Waals surface area contributed by atoms with Crippen molar-refractivity contribution in [1.82, 2.24) is 9.88 Å². The average molecular weight is 515 g/mol. The Morgan fingerprint density at radius 1 is 1.15 bits per heavy atom. The molecule has 1 N–H and O–H groups in total. The van der Waals surface area contributed by atoms with Gasteiger partial charge in [0.25, 0.3) is 0 Å². The van der Waals surface area contributed by atoms with Crippen LogP contribution in [0, 0.1) is 0 Å². The molecule has 0 amide bonds. The molecule has 178 valence electrons. The lowest BCUT2D eigenvalue weighted by Gasteiger charge is -2.21. The summed E-state index contributed by atoms with van der Waals surface area (Å²) in [5.41, 5.74) is 3.31. The minimum absolute atomic E-state index is 0.0986. The monoisotopic (exact) mass is 514 g/mol. The fraction of sp³-hybridized carbons (Fsp3) is 0.269. The number of pyridine rings is 1. The Bertz CT molecular complexity index is 1170. The van der Waals surface area contributed by atoms with Crippen molar-refractivity contribution in [3.8, 4) is 0 Å². The number of carbonyl (C=O) groups is 2. The molecule has 1 heterocycles. The van der Waals surface area contributed by atoms with Crippen LogP contribution in [0.25, 0.3) is 23.1 Å². The number of carbonyl (C=O) groups excluding carboxylic acids is 1. The topological polar surface area (TPSA) is 70.5 Å². The molecule has 0 aliphatic rings. The van der Waals surface area contributed by atoms with Crippen LogP contribution in [-0.4, -0.2) is 57.6 Å². The van der Waals surface area contributed by atoms with Gasteiger partial charge in [0.05, 0.1) is 22.5 Å². The summed E-state index contributed by atoms with van der Waals surface area (Å²) in [6.07, 6.45) is 5.22. The number of thioether (sulfide) groups is 2. The van der Waals surface area contributed by atoms with Crippen molar-refractivity contribution in [2.24, 2.45) is 0 Å². The minimum atomic E-state index is -0.844. The van der Waals surface area contributed by atoms with Gasteiger partial charge in [-0.2, -0.15) is 0 Å². The lowest BCUT2D eigenvalue weighted by molar-refractivity contribution is -0.138. The second-order valence-corrected chi connectivity index (χ2v) is 10.9. The molecule has 0 fully saturated rings. The molecule has 0 bridgehead atoms. The highest BCUT2D eigenvalue weighted by Gasteiger charge is 2.20. The predicted molar refractivity (Wildman–Crippen MR) is 146 cm³/mol. The molecule has 5 nitrogen and oxygen atoms in total. The zero-order valence-electron chi connectivity index (χ0n) is 19.1. The fourth-order valence-corrected chi connectivity index (χ4v) is 6.02. The van der Waals surface area contributed by atoms with Crippen LogP contribution >= 0.6 is 35.1 Å². The Morgan fingerprint density at radius 2 is 1.94 bits per heavy atom. The van der Waals surface area contributed by atoms with Crippen LogP contribution < -0.4 is 0 Å². The van der Waals surface area contributed by atoms with Gasteiger partial charge in [0.2, 0.25) is 0 Å². The molecule has 0 spiro atoms. The zero-order chi connectivity index (χ0) is 24.5. The first-order valence-electron chi connectivity index (χ1n) is 10.7. The van der Waals surface area contributed by atoms with Crippen LogP contribution in [0.15, 0.2) is 54.6 Å². The smallest absolute Gasteiger partial charge is 0.311 e. The first-order valence-corrected chi connectivity index (χ1v) is 13.3. The number of benzene rings is 2. The summed E-state index contributed by atoms with van der Waals surface area (Å²) in [5, 5.41) is 12.3. The molecule has 34 heavy (non-hydrogen) atoms. The number of hydrogen-bond donors (Lipinski definition) is 1. The van der Waals surface area contributed by atoms with Gasteiger partial charge < -0.3 is 9.90 Å². The summed E-state index contributed by atoms with van der Waals surface area (Å²) >= 11 is 9.31. The van der Waals surface area contributed by atoms with E-state index in [0.29, 0.717) is 17.2 Å². The van der Waals surface area contributed by atoms with Gasteiger partial charge in [-0.1, -0.05) is 54.1 Å². The molecule has 0 aliphatic carbocycles. The van der Waals surface area contributed by atoms with Crippen LogP contribution in [0.2, 0.25) is 5.02 Å². The number of halogens is 1. The third-order valence-electron chi connectivity index (χ3n) is 5.24. The minimum Gasteiger partial charge on any atom is -0.481 e. The van der Waals surface area contributed by atoms with E-state index in [1.807, 2.05) is 85.7 Å². The number of rotatable bonds is 12. The first kappa shape index (κ1) is 26.3. The molecule has 0 saturated heterocycles. The molecule has 0 radical (unpaired) electrons. The number of carboxylic acids is 1. The maximum Gasteiger partial charge on any atom is 0.311 e. The first-order chi connectivity index (χ1) is 16.4. The van der Waals surface area contributed by atoms with E-state index in [1.165, 1.54) is 0 Å². The van der Waals surface area contributed by atoms with Gasteiger partial charge in [0, 0.05) is 27.7 Å². The molecule has 0 saturated carbocycles. The van der Waals surface area contributed by atoms with E-state index in [9.17, 15) is 14.7 Å². The van der Waals surface area contributed by atoms with Crippen LogP contribution in [-0.2, 0) is 9.59 Å². The lowest BCUT2D eigenvalue weighted by Crippen LogP contribution is -2.25. The van der Waals surface area contributed by atoms with Crippen LogP contribution in [0.3, 0.4) is 0 Å². The Labute approximate surface area is 213 Å². The molecule has 3 rings (SSSR count). The average Bonchev–Trinajstić information content (AvgIpc) is 2.81. The Hall–Kier alpha value is -2.32.